The van der Waals surface area contributed by atoms with Gasteiger partial charge in [0.15, 0.2) is 12.4 Å². The van der Waals surface area contributed by atoms with Gasteiger partial charge in [0.1, 0.15) is 16.8 Å². The van der Waals surface area contributed by atoms with Gasteiger partial charge in [-0.3, -0.25) is 9.59 Å². The van der Waals surface area contributed by atoms with Crippen molar-refractivity contribution in [3.05, 3.63) is 46.3 Å². The number of benzene rings is 1. The lowest BCUT2D eigenvalue weighted by Gasteiger charge is -2.15. The monoisotopic (exact) mass is 326 g/mol. The van der Waals surface area contributed by atoms with Crippen LogP contribution in [0.15, 0.2) is 29.6 Å². The van der Waals surface area contributed by atoms with Gasteiger partial charge in [-0.05, 0) is 48.1 Å². The molecule has 1 heterocycles. The number of ketones is 1. The van der Waals surface area contributed by atoms with Crippen molar-refractivity contribution in [2.24, 2.45) is 0 Å². The minimum atomic E-state index is -0.322. The van der Waals surface area contributed by atoms with Gasteiger partial charge in [0.25, 0.3) is 5.91 Å². The van der Waals surface area contributed by atoms with E-state index in [1.807, 2.05) is 12.1 Å². The summed E-state index contributed by atoms with van der Waals surface area (Å²) in [6.07, 6.45) is 2.30. The number of Topliss-reactive ketones (excluding diaryl/α,β-unsaturated/α-hetero) is 1. The van der Waals surface area contributed by atoms with Gasteiger partial charge in [-0.1, -0.05) is 0 Å². The normalized spacial score (nSPS) is 13.1. The van der Waals surface area contributed by atoms with Gasteiger partial charge in [-0.25, -0.2) is 0 Å². The molecule has 1 aliphatic rings. The van der Waals surface area contributed by atoms with Crippen molar-refractivity contribution in [3.63, 3.8) is 0 Å². The molecule has 0 atom stereocenters. The van der Waals surface area contributed by atoms with Crippen LogP contribution >= 0.6 is 11.3 Å². The Morgan fingerprint density at radius 2 is 2.22 bits per heavy atom. The maximum Gasteiger partial charge on any atom is 0.262 e. The predicted molar refractivity (Wildman–Crippen MR) is 86.9 cm³/mol. The molecule has 0 saturated carbocycles. The molecule has 0 spiro atoms. The van der Waals surface area contributed by atoms with E-state index >= 15 is 0 Å². The summed E-state index contributed by atoms with van der Waals surface area (Å²) in [4.78, 5) is 23.7. The molecule has 0 fully saturated rings. The van der Waals surface area contributed by atoms with Crippen molar-refractivity contribution < 1.29 is 14.3 Å². The van der Waals surface area contributed by atoms with Gasteiger partial charge in [-0.2, -0.15) is 5.26 Å². The summed E-state index contributed by atoms with van der Waals surface area (Å²) < 4.78 is 5.49. The molecule has 1 N–H and O–H groups in total. The van der Waals surface area contributed by atoms with Gasteiger partial charge in [0, 0.05) is 12.0 Å². The smallest absolute Gasteiger partial charge is 0.262 e. The zero-order chi connectivity index (χ0) is 16.2. The Morgan fingerprint density at radius 3 is 3.04 bits per heavy atom. The maximum absolute atomic E-state index is 11.9. The van der Waals surface area contributed by atoms with Gasteiger partial charge < -0.3 is 10.1 Å². The number of aryl methyl sites for hydroxylation is 1. The molecule has 1 aromatic heterocycles. The number of fused-ring (bicyclic) bond motifs is 1. The fraction of sp³-hybridized carbons (Fsp3) is 0.235. The number of hydrogen-bond donors (Lipinski definition) is 1. The van der Waals surface area contributed by atoms with Crippen LogP contribution < -0.4 is 10.1 Å². The number of ether oxygens (including phenoxy) is 1. The van der Waals surface area contributed by atoms with E-state index in [2.05, 4.69) is 5.32 Å². The highest BCUT2D eigenvalue weighted by atomic mass is 32.1. The molecule has 6 heteroatoms. The highest BCUT2D eigenvalue weighted by molar-refractivity contribution is 7.14. The van der Waals surface area contributed by atoms with Crippen molar-refractivity contribution in [2.45, 2.75) is 19.3 Å². The third-order valence-electron chi connectivity index (χ3n) is 3.64. The van der Waals surface area contributed by atoms with Crippen LogP contribution in [-0.4, -0.2) is 18.3 Å². The third-order valence-corrected chi connectivity index (χ3v) is 4.47. The van der Waals surface area contributed by atoms with Gasteiger partial charge in [0.2, 0.25) is 0 Å². The molecule has 0 bridgehead atoms. The molecule has 23 heavy (non-hydrogen) atoms. The number of thiophene rings is 1. The second-order valence-electron chi connectivity index (χ2n) is 5.21. The number of nitrogens with one attached hydrogen (secondary N) is 1. The zero-order valence-corrected chi connectivity index (χ0v) is 13.1. The highest BCUT2D eigenvalue weighted by Crippen LogP contribution is 2.26. The summed E-state index contributed by atoms with van der Waals surface area (Å²) in [7, 11) is 0. The fourth-order valence-electron chi connectivity index (χ4n) is 2.52. The van der Waals surface area contributed by atoms with Crippen LogP contribution in [0.4, 0.5) is 5.00 Å². The van der Waals surface area contributed by atoms with Crippen LogP contribution in [-0.2, 0) is 11.2 Å². The van der Waals surface area contributed by atoms with E-state index in [4.69, 9.17) is 10.00 Å². The van der Waals surface area contributed by atoms with E-state index in [1.165, 1.54) is 11.3 Å². The summed E-state index contributed by atoms with van der Waals surface area (Å²) in [6, 6.07) is 8.97. The van der Waals surface area contributed by atoms with Crippen molar-refractivity contribution in [3.8, 4) is 11.8 Å². The van der Waals surface area contributed by atoms with Crippen molar-refractivity contribution in [1.29, 1.82) is 5.26 Å². The lowest BCUT2D eigenvalue weighted by atomic mass is 9.91. The molecule has 0 radical (unpaired) electrons. The Kier molecular flexibility index (Phi) is 4.40. The summed E-state index contributed by atoms with van der Waals surface area (Å²) in [6.45, 7) is -0.143. The molecule has 5 nitrogen and oxygen atoms in total. The van der Waals surface area contributed by atoms with E-state index in [9.17, 15) is 9.59 Å². The average Bonchev–Trinajstić information content (AvgIpc) is 3.00. The Bertz CT molecular complexity index is 804. The first-order chi connectivity index (χ1) is 11.2. The standard InChI is InChI=1S/C17H14N2O3S/c18-9-12-6-7-23-17(12)19-16(21)10-22-13-4-5-14-11(8-13)2-1-3-15(14)20/h4-8H,1-3,10H2,(H,19,21). The first-order valence-corrected chi connectivity index (χ1v) is 8.11. The molecule has 3 rings (SSSR count). The predicted octanol–water partition coefficient (Wildman–Crippen LogP) is 3.16. The lowest BCUT2D eigenvalue weighted by Crippen LogP contribution is -2.20. The number of anilines is 1. The molecule has 0 unspecified atom stereocenters. The molecular weight excluding hydrogens is 312 g/mol. The second-order valence-corrected chi connectivity index (χ2v) is 6.12. The topological polar surface area (TPSA) is 79.2 Å². The third kappa shape index (κ3) is 3.41. The van der Waals surface area contributed by atoms with E-state index in [1.54, 1.807) is 23.6 Å². The SMILES string of the molecule is N#Cc1ccsc1NC(=O)COc1ccc2c(c1)CCCC2=O. The van der Waals surface area contributed by atoms with Crippen LogP contribution in [0.1, 0.15) is 34.3 Å². The Labute approximate surface area is 137 Å². The number of carbonyl (C=O) groups excluding carboxylic acids is 2. The molecule has 1 aromatic carbocycles. The van der Waals surface area contributed by atoms with E-state index in [0.717, 1.165) is 24.0 Å². The largest absolute Gasteiger partial charge is 0.484 e. The number of hydrogen-bond acceptors (Lipinski definition) is 5. The number of amides is 1. The van der Waals surface area contributed by atoms with Gasteiger partial charge in [-0.15, -0.1) is 11.3 Å². The van der Waals surface area contributed by atoms with Crippen molar-refractivity contribution in [1.82, 2.24) is 0 Å². The molecule has 0 saturated heterocycles. The fourth-order valence-corrected chi connectivity index (χ4v) is 3.27. The van der Waals surface area contributed by atoms with Gasteiger partial charge >= 0.3 is 0 Å². The average molecular weight is 326 g/mol. The molecule has 1 amide bonds. The number of rotatable bonds is 4. The van der Waals surface area contributed by atoms with Gasteiger partial charge in [0.05, 0.1) is 5.56 Å². The van der Waals surface area contributed by atoms with Crippen LogP contribution in [0, 0.1) is 11.3 Å². The quantitative estimate of drug-likeness (QED) is 0.936. The first kappa shape index (κ1) is 15.3. The zero-order valence-electron chi connectivity index (χ0n) is 12.3. The molecule has 0 aliphatic heterocycles. The lowest BCUT2D eigenvalue weighted by molar-refractivity contribution is -0.118. The minimum absolute atomic E-state index is 0.143. The second kappa shape index (κ2) is 6.63. The number of nitrogens with zero attached hydrogens (tertiary/aromatic N) is 1. The maximum atomic E-state index is 11.9. The summed E-state index contributed by atoms with van der Waals surface area (Å²) in [5, 5.41) is 13.8. The molecular formula is C17H14N2O3S. The molecule has 2 aromatic rings. The first-order valence-electron chi connectivity index (χ1n) is 7.24. The highest BCUT2D eigenvalue weighted by Gasteiger charge is 2.17. The van der Waals surface area contributed by atoms with E-state index in [0.29, 0.717) is 22.7 Å². The van der Waals surface area contributed by atoms with E-state index < -0.39 is 0 Å². The Balaban J connectivity index is 1.61. The van der Waals surface area contributed by atoms with Crippen LogP contribution in [0.5, 0.6) is 5.75 Å². The number of carbonyl (C=O) groups is 2. The van der Waals surface area contributed by atoms with Crippen molar-refractivity contribution in [2.75, 3.05) is 11.9 Å². The summed E-state index contributed by atoms with van der Waals surface area (Å²) >= 11 is 1.30. The van der Waals surface area contributed by atoms with Crippen LogP contribution in [0.3, 0.4) is 0 Å². The Morgan fingerprint density at radius 1 is 1.35 bits per heavy atom. The summed E-state index contributed by atoms with van der Waals surface area (Å²) in [5.41, 5.74) is 2.17. The van der Waals surface area contributed by atoms with Crippen molar-refractivity contribution >= 4 is 28.0 Å². The molecule has 116 valence electrons. The number of nitriles is 1. The summed E-state index contributed by atoms with van der Waals surface area (Å²) in [5.74, 6) is 0.412. The van der Waals surface area contributed by atoms with Crippen LogP contribution in [0.25, 0.3) is 0 Å². The minimum Gasteiger partial charge on any atom is -0.484 e. The molecule has 1 aliphatic carbocycles. The van der Waals surface area contributed by atoms with Crippen LogP contribution in [0.2, 0.25) is 0 Å². The Hall–Kier alpha value is -2.65. The van der Waals surface area contributed by atoms with E-state index in [-0.39, 0.29) is 18.3 Å².